The Morgan fingerprint density at radius 2 is 2.50 bits per heavy atom. The van der Waals surface area contributed by atoms with Crippen molar-refractivity contribution in [2.45, 2.75) is 18.9 Å². The lowest BCUT2D eigenvalue weighted by molar-refractivity contribution is 0.547. The Hall–Kier alpha value is -0.170. The number of hydrogen-bond donors (Lipinski definition) is 2. The Morgan fingerprint density at radius 1 is 1.80 bits per heavy atom. The first kappa shape index (κ1) is 9.83. The van der Waals surface area contributed by atoms with Gasteiger partial charge in [-0.1, -0.05) is 0 Å². The van der Waals surface area contributed by atoms with E-state index in [1.54, 1.807) is 11.8 Å². The molecule has 2 nitrogen and oxygen atoms in total. The van der Waals surface area contributed by atoms with Crippen molar-refractivity contribution in [2.24, 2.45) is 5.84 Å². The molecule has 1 atom stereocenters. The summed E-state index contributed by atoms with van der Waals surface area (Å²) in [4.78, 5) is 0. The second-order valence-electron chi connectivity index (χ2n) is 2.06. The number of thioether (sulfide) groups is 1. The molecule has 0 amide bonds. The minimum absolute atomic E-state index is 0.367. The number of nitrogens with one attached hydrogen (secondary N) is 1. The fourth-order valence-electron chi connectivity index (χ4n) is 0.674. The fraction of sp³-hybridized carbons (Fsp3) is 0.714. The lowest BCUT2D eigenvalue weighted by Crippen LogP contribution is -2.36. The first-order valence-electron chi connectivity index (χ1n) is 3.23. The molecule has 0 bridgehead atoms. The third-order valence-corrected chi connectivity index (χ3v) is 1.98. The highest BCUT2D eigenvalue weighted by Gasteiger charge is 2.02. The van der Waals surface area contributed by atoms with Crippen LogP contribution in [0.25, 0.3) is 0 Å². The van der Waals surface area contributed by atoms with E-state index >= 15 is 0 Å². The van der Waals surface area contributed by atoms with Gasteiger partial charge >= 0.3 is 0 Å². The Balaban J connectivity index is 3.32. The molecular formula is C7H14N2S. The standard InChI is InChI=1S/C7H14N2S/c1-3-4-5-7(9-8)6-10-2/h1,7,9H,4-6,8H2,2H3. The van der Waals surface area contributed by atoms with Crippen LogP contribution in [0, 0.1) is 12.3 Å². The van der Waals surface area contributed by atoms with E-state index in [4.69, 9.17) is 12.3 Å². The summed E-state index contributed by atoms with van der Waals surface area (Å²) in [5, 5.41) is 0. The maximum atomic E-state index is 5.27. The minimum atomic E-state index is 0.367. The molecule has 0 radical (unpaired) electrons. The van der Waals surface area contributed by atoms with Crippen LogP contribution in [0.5, 0.6) is 0 Å². The number of hydrazine groups is 1. The highest BCUT2D eigenvalue weighted by molar-refractivity contribution is 7.98. The second-order valence-corrected chi connectivity index (χ2v) is 2.97. The quantitative estimate of drug-likeness (QED) is 0.349. The molecule has 0 aromatic rings. The zero-order chi connectivity index (χ0) is 7.82. The van der Waals surface area contributed by atoms with Crippen molar-refractivity contribution in [1.29, 1.82) is 0 Å². The molecule has 0 rings (SSSR count). The average Bonchev–Trinajstić information content (AvgIpc) is 1.98. The van der Waals surface area contributed by atoms with Gasteiger partial charge in [-0.2, -0.15) is 11.8 Å². The van der Waals surface area contributed by atoms with Gasteiger partial charge in [-0.25, -0.2) is 0 Å². The molecule has 0 saturated carbocycles. The SMILES string of the molecule is C#CCCC(CSC)NN. The van der Waals surface area contributed by atoms with Gasteiger partial charge in [0, 0.05) is 18.2 Å². The Morgan fingerprint density at radius 3 is 2.90 bits per heavy atom. The molecule has 0 aromatic carbocycles. The third kappa shape index (κ3) is 4.68. The van der Waals surface area contributed by atoms with Gasteiger partial charge in [0.05, 0.1) is 0 Å². The maximum Gasteiger partial charge on any atom is 0.0310 e. The number of hydrogen-bond acceptors (Lipinski definition) is 3. The summed E-state index contributed by atoms with van der Waals surface area (Å²) in [6, 6.07) is 0.367. The van der Waals surface area contributed by atoms with Gasteiger partial charge < -0.3 is 0 Å². The highest BCUT2D eigenvalue weighted by atomic mass is 32.2. The van der Waals surface area contributed by atoms with Gasteiger partial charge in [-0.05, 0) is 12.7 Å². The van der Waals surface area contributed by atoms with Crippen LogP contribution in [0.3, 0.4) is 0 Å². The van der Waals surface area contributed by atoms with E-state index in [1.165, 1.54) is 0 Å². The summed E-state index contributed by atoms with van der Waals surface area (Å²) >= 11 is 1.77. The molecule has 0 aliphatic heterocycles. The van der Waals surface area contributed by atoms with Crippen molar-refractivity contribution in [3.05, 3.63) is 0 Å². The molecule has 3 heteroatoms. The van der Waals surface area contributed by atoms with E-state index in [1.807, 2.05) is 0 Å². The van der Waals surface area contributed by atoms with Crippen molar-refractivity contribution >= 4 is 11.8 Å². The van der Waals surface area contributed by atoms with Gasteiger partial charge in [0.25, 0.3) is 0 Å². The van der Waals surface area contributed by atoms with Gasteiger partial charge in [-0.3, -0.25) is 11.3 Å². The predicted molar refractivity (Wildman–Crippen MR) is 47.6 cm³/mol. The van der Waals surface area contributed by atoms with Crippen LogP contribution < -0.4 is 11.3 Å². The lowest BCUT2D eigenvalue weighted by atomic mass is 10.2. The molecule has 3 N–H and O–H groups in total. The van der Waals surface area contributed by atoms with Crippen molar-refractivity contribution in [3.8, 4) is 12.3 Å². The zero-order valence-electron chi connectivity index (χ0n) is 6.26. The molecule has 1 unspecified atom stereocenters. The summed E-state index contributed by atoms with van der Waals surface area (Å²) in [5.41, 5.74) is 2.72. The molecule has 10 heavy (non-hydrogen) atoms. The summed E-state index contributed by atoms with van der Waals surface area (Å²) in [7, 11) is 0. The minimum Gasteiger partial charge on any atom is -0.271 e. The van der Waals surface area contributed by atoms with Crippen LogP contribution in [0.2, 0.25) is 0 Å². The first-order chi connectivity index (χ1) is 4.85. The molecule has 0 heterocycles. The molecule has 0 aliphatic rings. The molecule has 0 saturated heterocycles. The molecule has 0 spiro atoms. The van der Waals surface area contributed by atoms with Crippen LogP contribution in [-0.2, 0) is 0 Å². The Bertz CT molecular complexity index is 109. The topological polar surface area (TPSA) is 38.0 Å². The first-order valence-corrected chi connectivity index (χ1v) is 4.63. The largest absolute Gasteiger partial charge is 0.271 e. The van der Waals surface area contributed by atoms with Gasteiger partial charge in [-0.15, -0.1) is 12.3 Å². The Labute approximate surface area is 66.9 Å². The summed E-state index contributed by atoms with van der Waals surface area (Å²) in [6.07, 6.45) is 8.93. The second kappa shape index (κ2) is 6.94. The van der Waals surface area contributed by atoms with E-state index in [0.29, 0.717) is 6.04 Å². The van der Waals surface area contributed by atoms with E-state index < -0.39 is 0 Å². The van der Waals surface area contributed by atoms with Gasteiger partial charge in [0.15, 0.2) is 0 Å². The molecule has 0 fully saturated rings. The van der Waals surface area contributed by atoms with E-state index in [0.717, 1.165) is 18.6 Å². The normalized spacial score (nSPS) is 12.5. The van der Waals surface area contributed by atoms with E-state index in [2.05, 4.69) is 17.6 Å². The van der Waals surface area contributed by atoms with Crippen LogP contribution >= 0.6 is 11.8 Å². The summed E-state index contributed by atoms with van der Waals surface area (Å²) in [6.45, 7) is 0. The van der Waals surface area contributed by atoms with Crippen molar-refractivity contribution in [1.82, 2.24) is 5.43 Å². The fourth-order valence-corrected chi connectivity index (χ4v) is 1.34. The predicted octanol–water partition coefficient (Wildman–Crippen LogP) is 0.595. The van der Waals surface area contributed by atoms with Crippen molar-refractivity contribution < 1.29 is 0 Å². The third-order valence-electron chi connectivity index (χ3n) is 1.24. The maximum absolute atomic E-state index is 5.27. The van der Waals surface area contributed by atoms with Crippen molar-refractivity contribution in [2.75, 3.05) is 12.0 Å². The van der Waals surface area contributed by atoms with E-state index in [9.17, 15) is 0 Å². The number of terminal acetylenes is 1. The monoisotopic (exact) mass is 158 g/mol. The highest BCUT2D eigenvalue weighted by Crippen LogP contribution is 2.02. The smallest absolute Gasteiger partial charge is 0.0310 e. The zero-order valence-corrected chi connectivity index (χ0v) is 7.08. The molecule has 0 aliphatic carbocycles. The van der Waals surface area contributed by atoms with Crippen LogP contribution in [0.4, 0.5) is 0 Å². The van der Waals surface area contributed by atoms with Gasteiger partial charge in [0.2, 0.25) is 0 Å². The molecule has 58 valence electrons. The van der Waals surface area contributed by atoms with Crippen LogP contribution in [-0.4, -0.2) is 18.1 Å². The summed E-state index contributed by atoms with van der Waals surface area (Å²) in [5.74, 6) is 8.88. The molecule has 0 aromatic heterocycles. The van der Waals surface area contributed by atoms with E-state index in [-0.39, 0.29) is 0 Å². The molecular weight excluding hydrogens is 144 g/mol. The van der Waals surface area contributed by atoms with Crippen molar-refractivity contribution in [3.63, 3.8) is 0 Å². The van der Waals surface area contributed by atoms with Gasteiger partial charge in [0.1, 0.15) is 0 Å². The average molecular weight is 158 g/mol. The number of nitrogens with two attached hydrogens (primary N) is 1. The van der Waals surface area contributed by atoms with Crippen LogP contribution in [0.1, 0.15) is 12.8 Å². The number of rotatable bonds is 5. The lowest BCUT2D eigenvalue weighted by Gasteiger charge is -2.11. The Kier molecular flexibility index (Phi) is 6.83. The summed E-state index contributed by atoms with van der Waals surface area (Å²) < 4.78 is 0. The van der Waals surface area contributed by atoms with Crippen LogP contribution in [0.15, 0.2) is 0 Å².